The summed E-state index contributed by atoms with van der Waals surface area (Å²) in [6, 6.07) is 4.62. The molecule has 0 aliphatic carbocycles. The minimum Gasteiger partial charge on any atom is -0.488 e. The van der Waals surface area contributed by atoms with Gasteiger partial charge in [0.15, 0.2) is 17.9 Å². The normalized spacial score (nSPS) is 18.5. The van der Waals surface area contributed by atoms with Crippen molar-refractivity contribution in [3.63, 3.8) is 0 Å². The van der Waals surface area contributed by atoms with E-state index in [1.54, 1.807) is 19.1 Å². The Balaban J connectivity index is 1.64. The second-order valence-corrected chi connectivity index (χ2v) is 7.74. The molecule has 2 rings (SSSR count). The van der Waals surface area contributed by atoms with E-state index in [0.717, 1.165) is 19.3 Å². The molecular weight excluding hydrogens is 433 g/mol. The number of amides is 1. The van der Waals surface area contributed by atoms with Crippen LogP contribution in [0.4, 0.5) is 4.39 Å². The first-order chi connectivity index (χ1) is 16.0. The van der Waals surface area contributed by atoms with E-state index in [4.69, 9.17) is 30.2 Å². The maximum Gasteiger partial charge on any atom is 0.221 e. The van der Waals surface area contributed by atoms with Gasteiger partial charge in [0.25, 0.3) is 0 Å². The lowest BCUT2D eigenvalue weighted by Crippen LogP contribution is -2.35. The third-order valence-corrected chi connectivity index (χ3v) is 5.01. The molecule has 184 valence electrons. The molecule has 3 N–H and O–H groups in total. The highest BCUT2D eigenvalue weighted by molar-refractivity contribution is 5.75. The average molecular weight is 468 g/mol. The number of ether oxygens (including phenoxy) is 4. The van der Waals surface area contributed by atoms with Crippen LogP contribution in [-0.2, 0) is 19.0 Å². The van der Waals surface area contributed by atoms with Crippen LogP contribution in [0.25, 0.3) is 10.4 Å². The highest BCUT2D eigenvalue weighted by Crippen LogP contribution is 2.31. The van der Waals surface area contributed by atoms with Gasteiger partial charge in [0.1, 0.15) is 12.8 Å². The lowest BCUT2D eigenvalue weighted by atomic mass is 10.1. The number of halogens is 1. The summed E-state index contributed by atoms with van der Waals surface area (Å²) >= 11 is 0. The van der Waals surface area contributed by atoms with Gasteiger partial charge < -0.3 is 30.0 Å². The monoisotopic (exact) mass is 467 g/mol. The molecule has 1 fully saturated rings. The van der Waals surface area contributed by atoms with Crippen LogP contribution in [0, 0.1) is 5.82 Å². The van der Waals surface area contributed by atoms with Crippen molar-refractivity contribution in [1.29, 1.82) is 0 Å². The van der Waals surface area contributed by atoms with Gasteiger partial charge in [-0.3, -0.25) is 4.79 Å². The van der Waals surface area contributed by atoms with Crippen LogP contribution in [0.3, 0.4) is 0 Å². The molecule has 1 amide bonds. The first kappa shape index (κ1) is 26.8. The van der Waals surface area contributed by atoms with Crippen molar-refractivity contribution in [3.8, 4) is 5.75 Å². The fraction of sp³-hybridized carbons (Fsp3) is 0.682. The lowest BCUT2D eigenvalue weighted by molar-refractivity contribution is -0.125. The molecular formula is C22H34FN5O5. The van der Waals surface area contributed by atoms with Gasteiger partial charge in [-0.1, -0.05) is 11.2 Å². The van der Waals surface area contributed by atoms with E-state index in [0.29, 0.717) is 44.5 Å². The van der Waals surface area contributed by atoms with Crippen molar-refractivity contribution in [2.75, 3.05) is 32.9 Å². The molecule has 1 heterocycles. The molecule has 10 nitrogen and oxygen atoms in total. The van der Waals surface area contributed by atoms with Crippen molar-refractivity contribution in [2.24, 2.45) is 10.8 Å². The Hall–Kier alpha value is -2.43. The second-order valence-electron chi connectivity index (χ2n) is 7.74. The molecule has 1 aromatic carbocycles. The first-order valence-corrected chi connectivity index (χ1v) is 11.3. The van der Waals surface area contributed by atoms with Gasteiger partial charge >= 0.3 is 0 Å². The molecule has 3 unspecified atom stereocenters. The quantitative estimate of drug-likeness (QED) is 0.125. The van der Waals surface area contributed by atoms with Gasteiger partial charge in [-0.25, -0.2) is 4.39 Å². The number of benzene rings is 1. The van der Waals surface area contributed by atoms with Crippen LogP contribution in [0.1, 0.15) is 57.3 Å². The van der Waals surface area contributed by atoms with Crippen molar-refractivity contribution in [3.05, 3.63) is 40.0 Å². The number of nitrogens with one attached hydrogen (secondary N) is 1. The summed E-state index contributed by atoms with van der Waals surface area (Å²) in [5.74, 6) is -0.547. The number of unbranched alkanes of at least 4 members (excludes halogenated alkanes) is 2. The number of carbonyl (C=O) groups is 1. The maximum absolute atomic E-state index is 14.4. The summed E-state index contributed by atoms with van der Waals surface area (Å²) in [5.41, 5.74) is 14.3. The van der Waals surface area contributed by atoms with Crippen molar-refractivity contribution >= 4 is 5.91 Å². The molecule has 0 radical (unpaired) electrons. The number of hydrogen-bond donors (Lipinski definition) is 2. The highest BCUT2D eigenvalue weighted by atomic mass is 19.1. The van der Waals surface area contributed by atoms with Gasteiger partial charge in [-0.15, -0.1) is 0 Å². The van der Waals surface area contributed by atoms with Crippen LogP contribution in [0.2, 0.25) is 0 Å². The van der Waals surface area contributed by atoms with Gasteiger partial charge in [0.2, 0.25) is 5.91 Å². The summed E-state index contributed by atoms with van der Waals surface area (Å²) in [6.45, 7) is 3.53. The molecule has 1 aromatic rings. The third-order valence-electron chi connectivity index (χ3n) is 5.01. The minimum absolute atomic E-state index is 0.00195. The molecule has 1 saturated heterocycles. The van der Waals surface area contributed by atoms with E-state index in [-0.39, 0.29) is 31.0 Å². The smallest absolute Gasteiger partial charge is 0.221 e. The minimum atomic E-state index is -0.580. The molecule has 0 spiro atoms. The molecule has 1 aliphatic heterocycles. The predicted octanol–water partition coefficient (Wildman–Crippen LogP) is 3.71. The summed E-state index contributed by atoms with van der Waals surface area (Å²) in [4.78, 5) is 14.5. The Morgan fingerprint density at radius 1 is 1.36 bits per heavy atom. The lowest BCUT2D eigenvalue weighted by Gasteiger charge is -2.16. The molecule has 0 aromatic heterocycles. The molecule has 0 bridgehead atoms. The van der Waals surface area contributed by atoms with E-state index in [1.807, 2.05) is 0 Å². The summed E-state index contributed by atoms with van der Waals surface area (Å²) in [7, 11) is 0. The largest absolute Gasteiger partial charge is 0.488 e. The Labute approximate surface area is 193 Å². The van der Waals surface area contributed by atoms with Gasteiger partial charge in [-0.2, -0.15) is 0 Å². The van der Waals surface area contributed by atoms with Crippen LogP contribution in [0.5, 0.6) is 5.75 Å². The zero-order chi connectivity index (χ0) is 23.9. The Morgan fingerprint density at radius 2 is 2.21 bits per heavy atom. The molecule has 1 aliphatic rings. The SMILES string of the molecule is CC(NC(=O)CCCCN=[N+]=[N-])OCCOc1ccc(C2OCC(CCCCN)O2)cc1F. The Bertz CT molecular complexity index is 778. The molecule has 11 heteroatoms. The Morgan fingerprint density at radius 3 is 2.97 bits per heavy atom. The van der Waals surface area contributed by atoms with Crippen molar-refractivity contribution in [1.82, 2.24) is 5.32 Å². The van der Waals surface area contributed by atoms with Crippen LogP contribution in [0.15, 0.2) is 23.3 Å². The molecule has 0 saturated carbocycles. The number of nitrogens with two attached hydrogens (primary N) is 1. The second kappa shape index (κ2) is 15.4. The van der Waals surface area contributed by atoms with Crippen molar-refractivity contribution < 1.29 is 28.1 Å². The summed E-state index contributed by atoms with van der Waals surface area (Å²) in [6.07, 6.45) is 3.31. The van der Waals surface area contributed by atoms with Gasteiger partial charge in [0, 0.05) is 23.4 Å². The van der Waals surface area contributed by atoms with E-state index in [9.17, 15) is 9.18 Å². The van der Waals surface area contributed by atoms with Gasteiger partial charge in [-0.05, 0) is 63.2 Å². The van der Waals surface area contributed by atoms with E-state index in [1.165, 1.54) is 6.07 Å². The number of azide groups is 1. The Kier molecular flexibility index (Phi) is 12.5. The summed E-state index contributed by atoms with van der Waals surface area (Å²) < 4.78 is 36.8. The first-order valence-electron chi connectivity index (χ1n) is 11.3. The predicted molar refractivity (Wildman–Crippen MR) is 120 cm³/mol. The maximum atomic E-state index is 14.4. The highest BCUT2D eigenvalue weighted by Gasteiger charge is 2.27. The third kappa shape index (κ3) is 10.4. The van der Waals surface area contributed by atoms with Crippen LogP contribution < -0.4 is 15.8 Å². The molecule has 33 heavy (non-hydrogen) atoms. The standard InChI is InChI=1S/C22H34FN5O5/c1-16(27-21(29)7-3-5-11-26-28-25)30-12-13-31-20-9-8-17(14-19(20)23)22-32-15-18(33-22)6-2-4-10-24/h8-9,14,16,18,22H,2-7,10-13,15,24H2,1H3,(H,27,29). The van der Waals surface area contributed by atoms with Crippen LogP contribution in [-0.4, -0.2) is 51.1 Å². The van der Waals surface area contributed by atoms with E-state index in [2.05, 4.69) is 15.3 Å². The fourth-order valence-corrected chi connectivity index (χ4v) is 3.30. The fourth-order valence-electron chi connectivity index (χ4n) is 3.30. The number of hydrogen-bond acceptors (Lipinski definition) is 7. The van der Waals surface area contributed by atoms with Gasteiger partial charge in [0.05, 0.1) is 19.3 Å². The zero-order valence-electron chi connectivity index (χ0n) is 19.1. The summed E-state index contributed by atoms with van der Waals surface area (Å²) in [5, 5.41) is 6.13. The topological polar surface area (TPSA) is 141 Å². The van der Waals surface area contributed by atoms with E-state index >= 15 is 0 Å². The average Bonchev–Trinajstić information content (AvgIpc) is 3.26. The zero-order valence-corrected chi connectivity index (χ0v) is 19.1. The number of carbonyl (C=O) groups excluding carboxylic acids is 1. The molecule has 3 atom stereocenters. The number of nitrogens with zero attached hydrogens (tertiary/aromatic N) is 3. The van der Waals surface area contributed by atoms with Crippen LogP contribution >= 0.6 is 0 Å². The number of rotatable bonds is 16. The van der Waals surface area contributed by atoms with Crippen molar-refractivity contribution in [2.45, 2.75) is 64.1 Å². The van der Waals surface area contributed by atoms with E-state index < -0.39 is 18.3 Å².